The Hall–Kier alpha value is -0.650. The quantitative estimate of drug-likeness (QED) is 0.745. The predicted octanol–water partition coefficient (Wildman–Crippen LogP) is -0.0141. The lowest BCUT2D eigenvalue weighted by molar-refractivity contribution is -0.160. The van der Waals surface area contributed by atoms with Gasteiger partial charge in [-0.1, -0.05) is 0 Å². The van der Waals surface area contributed by atoms with Crippen LogP contribution in [0.2, 0.25) is 0 Å². The van der Waals surface area contributed by atoms with Crippen molar-refractivity contribution in [3.05, 3.63) is 0 Å². The lowest BCUT2D eigenvalue weighted by Crippen LogP contribution is -2.57. The average Bonchev–Trinajstić information content (AvgIpc) is 2.47. The molecule has 0 saturated carbocycles. The Morgan fingerprint density at radius 1 is 1.50 bits per heavy atom. The zero-order valence-electron chi connectivity index (χ0n) is 11.2. The first kappa shape index (κ1) is 13.8. The summed E-state index contributed by atoms with van der Waals surface area (Å²) in [6.45, 7) is 3.31. The fraction of sp³-hybridized carbons (Fsp3) is 0.923. The number of ether oxygens (including phenoxy) is 1. The SMILES string of the molecule is COC1(C(=O)N2CCCC(CO)C2)CCNCC1. The minimum atomic E-state index is -0.636. The van der Waals surface area contributed by atoms with Crippen LogP contribution in [0.4, 0.5) is 0 Å². The largest absolute Gasteiger partial charge is 0.396 e. The molecular formula is C13H24N2O3. The summed E-state index contributed by atoms with van der Waals surface area (Å²) in [7, 11) is 1.64. The second-order valence-corrected chi connectivity index (χ2v) is 5.39. The van der Waals surface area contributed by atoms with Crippen molar-refractivity contribution in [3.8, 4) is 0 Å². The normalized spacial score (nSPS) is 28.1. The average molecular weight is 256 g/mol. The van der Waals surface area contributed by atoms with E-state index in [2.05, 4.69) is 5.32 Å². The number of hydrogen-bond acceptors (Lipinski definition) is 4. The van der Waals surface area contributed by atoms with Gasteiger partial charge in [0.15, 0.2) is 0 Å². The number of piperidine rings is 2. The molecule has 18 heavy (non-hydrogen) atoms. The van der Waals surface area contributed by atoms with Gasteiger partial charge in [0.05, 0.1) is 0 Å². The highest BCUT2D eigenvalue weighted by molar-refractivity contribution is 5.85. The van der Waals surface area contributed by atoms with Gasteiger partial charge in [-0.15, -0.1) is 0 Å². The van der Waals surface area contributed by atoms with Gasteiger partial charge in [0.2, 0.25) is 0 Å². The third kappa shape index (κ3) is 2.68. The highest BCUT2D eigenvalue weighted by Gasteiger charge is 2.43. The lowest BCUT2D eigenvalue weighted by Gasteiger charge is -2.41. The van der Waals surface area contributed by atoms with Gasteiger partial charge in [-0.05, 0) is 44.7 Å². The summed E-state index contributed by atoms with van der Waals surface area (Å²) in [6, 6.07) is 0. The van der Waals surface area contributed by atoms with E-state index in [1.807, 2.05) is 4.90 Å². The number of aliphatic hydroxyl groups excluding tert-OH is 1. The first-order valence-corrected chi connectivity index (χ1v) is 6.88. The van der Waals surface area contributed by atoms with E-state index < -0.39 is 5.60 Å². The van der Waals surface area contributed by atoms with E-state index in [0.717, 1.165) is 45.3 Å². The highest BCUT2D eigenvalue weighted by atomic mass is 16.5. The van der Waals surface area contributed by atoms with Crippen molar-refractivity contribution >= 4 is 5.91 Å². The topological polar surface area (TPSA) is 61.8 Å². The van der Waals surface area contributed by atoms with Crippen LogP contribution < -0.4 is 5.32 Å². The molecule has 104 valence electrons. The monoisotopic (exact) mass is 256 g/mol. The van der Waals surface area contributed by atoms with Crippen LogP contribution in [0, 0.1) is 5.92 Å². The second-order valence-electron chi connectivity index (χ2n) is 5.39. The summed E-state index contributed by atoms with van der Waals surface area (Å²) in [5.41, 5.74) is -0.636. The molecule has 0 bridgehead atoms. The molecule has 2 saturated heterocycles. The number of hydrogen-bond donors (Lipinski definition) is 2. The minimum Gasteiger partial charge on any atom is -0.396 e. The smallest absolute Gasteiger partial charge is 0.254 e. The molecule has 2 aliphatic rings. The summed E-state index contributed by atoms with van der Waals surface area (Å²) in [4.78, 5) is 14.5. The molecule has 0 aromatic carbocycles. The number of aliphatic hydroxyl groups is 1. The number of nitrogens with one attached hydrogen (secondary N) is 1. The molecule has 0 aliphatic carbocycles. The van der Waals surface area contributed by atoms with Crippen molar-refractivity contribution in [2.75, 3.05) is 39.9 Å². The number of carbonyl (C=O) groups excluding carboxylic acids is 1. The molecular weight excluding hydrogens is 232 g/mol. The molecule has 5 nitrogen and oxygen atoms in total. The van der Waals surface area contributed by atoms with E-state index >= 15 is 0 Å². The Labute approximate surface area is 108 Å². The fourth-order valence-corrected chi connectivity index (χ4v) is 3.02. The third-order valence-electron chi connectivity index (χ3n) is 4.26. The van der Waals surface area contributed by atoms with Gasteiger partial charge in [-0.2, -0.15) is 0 Å². The first-order chi connectivity index (χ1) is 8.72. The van der Waals surface area contributed by atoms with Crippen molar-refractivity contribution in [1.82, 2.24) is 10.2 Å². The van der Waals surface area contributed by atoms with Crippen LogP contribution in [0.5, 0.6) is 0 Å². The Kier molecular flexibility index (Phi) is 4.59. The van der Waals surface area contributed by atoms with E-state index in [4.69, 9.17) is 4.74 Å². The van der Waals surface area contributed by atoms with Crippen LogP contribution in [0.25, 0.3) is 0 Å². The number of rotatable bonds is 3. The van der Waals surface area contributed by atoms with Gasteiger partial charge in [0.25, 0.3) is 5.91 Å². The molecule has 2 fully saturated rings. The Morgan fingerprint density at radius 3 is 2.83 bits per heavy atom. The summed E-state index contributed by atoms with van der Waals surface area (Å²) < 4.78 is 5.57. The van der Waals surface area contributed by atoms with E-state index in [9.17, 15) is 9.90 Å². The van der Waals surface area contributed by atoms with Crippen molar-refractivity contribution in [2.45, 2.75) is 31.3 Å². The molecule has 0 aromatic heterocycles. The van der Waals surface area contributed by atoms with Crippen LogP contribution in [0.1, 0.15) is 25.7 Å². The van der Waals surface area contributed by atoms with E-state index in [1.165, 1.54) is 0 Å². The minimum absolute atomic E-state index is 0.115. The molecule has 0 aromatic rings. The van der Waals surface area contributed by atoms with E-state index in [0.29, 0.717) is 6.54 Å². The molecule has 5 heteroatoms. The van der Waals surface area contributed by atoms with Gasteiger partial charge >= 0.3 is 0 Å². The molecule has 2 rings (SSSR count). The maximum absolute atomic E-state index is 12.7. The summed E-state index contributed by atoms with van der Waals surface area (Å²) in [6.07, 6.45) is 3.47. The van der Waals surface area contributed by atoms with Crippen LogP contribution in [-0.4, -0.2) is 61.4 Å². The van der Waals surface area contributed by atoms with Gasteiger partial charge in [0, 0.05) is 26.8 Å². The summed E-state index contributed by atoms with van der Waals surface area (Å²) >= 11 is 0. The number of methoxy groups -OCH3 is 1. The maximum atomic E-state index is 12.7. The fourth-order valence-electron chi connectivity index (χ4n) is 3.02. The standard InChI is InChI=1S/C13H24N2O3/c1-18-13(4-6-14-7-5-13)12(17)15-8-2-3-11(9-15)10-16/h11,14,16H,2-10H2,1H3. The molecule has 1 unspecified atom stereocenters. The third-order valence-corrected chi connectivity index (χ3v) is 4.26. The van der Waals surface area contributed by atoms with E-state index in [1.54, 1.807) is 7.11 Å². The van der Waals surface area contributed by atoms with Crippen LogP contribution in [-0.2, 0) is 9.53 Å². The van der Waals surface area contributed by atoms with Crippen molar-refractivity contribution in [1.29, 1.82) is 0 Å². The number of amides is 1. The zero-order chi connectivity index (χ0) is 13.0. The van der Waals surface area contributed by atoms with Crippen LogP contribution in [0.15, 0.2) is 0 Å². The molecule has 0 spiro atoms. The van der Waals surface area contributed by atoms with Crippen molar-refractivity contribution in [2.24, 2.45) is 5.92 Å². The van der Waals surface area contributed by atoms with Gasteiger partial charge in [-0.3, -0.25) is 4.79 Å². The van der Waals surface area contributed by atoms with Gasteiger partial charge in [-0.25, -0.2) is 0 Å². The Bertz CT molecular complexity index is 290. The maximum Gasteiger partial charge on any atom is 0.254 e. The zero-order valence-corrected chi connectivity index (χ0v) is 11.2. The molecule has 2 heterocycles. The predicted molar refractivity (Wildman–Crippen MR) is 68.2 cm³/mol. The molecule has 1 atom stereocenters. The highest BCUT2D eigenvalue weighted by Crippen LogP contribution is 2.27. The number of likely N-dealkylation sites (tertiary alicyclic amines) is 1. The number of nitrogens with zero attached hydrogens (tertiary/aromatic N) is 1. The molecule has 2 N–H and O–H groups in total. The van der Waals surface area contributed by atoms with Crippen molar-refractivity contribution < 1.29 is 14.6 Å². The Balaban J connectivity index is 2.04. The first-order valence-electron chi connectivity index (χ1n) is 6.88. The van der Waals surface area contributed by atoms with E-state index in [-0.39, 0.29) is 18.4 Å². The van der Waals surface area contributed by atoms with Crippen molar-refractivity contribution in [3.63, 3.8) is 0 Å². The van der Waals surface area contributed by atoms with Crippen LogP contribution >= 0.6 is 0 Å². The second kappa shape index (κ2) is 5.99. The lowest BCUT2D eigenvalue weighted by atomic mass is 9.88. The summed E-state index contributed by atoms with van der Waals surface area (Å²) in [5, 5.41) is 12.5. The Morgan fingerprint density at radius 2 is 2.22 bits per heavy atom. The summed E-state index contributed by atoms with van der Waals surface area (Å²) in [5.74, 6) is 0.350. The van der Waals surface area contributed by atoms with Crippen LogP contribution in [0.3, 0.4) is 0 Å². The molecule has 1 amide bonds. The van der Waals surface area contributed by atoms with Gasteiger partial charge < -0.3 is 20.1 Å². The number of carbonyl (C=O) groups is 1. The molecule has 2 aliphatic heterocycles. The van der Waals surface area contributed by atoms with Gasteiger partial charge in [0.1, 0.15) is 5.60 Å². The molecule has 0 radical (unpaired) electrons.